The highest BCUT2D eigenvalue weighted by Gasteiger charge is 2.22. The Morgan fingerprint density at radius 3 is 2.55 bits per heavy atom. The molecule has 0 N–H and O–H groups in total. The topological polar surface area (TPSA) is 63.7 Å². The summed E-state index contributed by atoms with van der Waals surface area (Å²) in [5, 5.41) is 4.40. The lowest BCUT2D eigenvalue weighted by atomic mass is 9.97. The van der Waals surface area contributed by atoms with E-state index >= 15 is 0 Å². The van der Waals surface area contributed by atoms with Gasteiger partial charge in [-0.15, -0.1) is 5.10 Å². The summed E-state index contributed by atoms with van der Waals surface area (Å²) in [4.78, 5) is 16.2. The minimum absolute atomic E-state index is 0.0943. The van der Waals surface area contributed by atoms with E-state index < -0.39 is 0 Å². The summed E-state index contributed by atoms with van der Waals surface area (Å²) in [5.74, 6) is 0.697. The Kier molecular flexibility index (Phi) is 5.36. The molecule has 1 aromatic rings. The molecule has 1 aromatic heterocycles. The van der Waals surface area contributed by atoms with Crippen LogP contribution < -0.4 is 0 Å². The van der Waals surface area contributed by atoms with Gasteiger partial charge >= 0.3 is 0 Å². The summed E-state index contributed by atoms with van der Waals surface area (Å²) >= 11 is 5.19. The summed E-state index contributed by atoms with van der Waals surface area (Å²) in [5.41, 5.74) is -0.193. The fourth-order valence-electron chi connectivity index (χ4n) is 2.12. The zero-order chi connectivity index (χ0) is 16.3. The van der Waals surface area contributed by atoms with Gasteiger partial charge in [0.05, 0.1) is 26.4 Å². The molecule has 0 aliphatic carbocycles. The van der Waals surface area contributed by atoms with Gasteiger partial charge in [0, 0.05) is 18.5 Å². The molecule has 2 rings (SSSR count). The summed E-state index contributed by atoms with van der Waals surface area (Å²) in [7, 11) is 1.87. The van der Waals surface area contributed by atoms with Crippen LogP contribution in [-0.2, 0) is 21.6 Å². The van der Waals surface area contributed by atoms with Crippen molar-refractivity contribution in [2.45, 2.75) is 32.9 Å². The summed E-state index contributed by atoms with van der Waals surface area (Å²) < 4.78 is 12.4. The molecule has 7 nitrogen and oxygen atoms in total. The predicted octanol–water partition coefficient (Wildman–Crippen LogP) is 1.25. The maximum absolute atomic E-state index is 12.2. The van der Waals surface area contributed by atoms with E-state index in [-0.39, 0.29) is 11.3 Å². The molecule has 22 heavy (non-hydrogen) atoms. The molecular weight excluding hydrogens is 304 g/mol. The van der Waals surface area contributed by atoms with Crippen LogP contribution in [0.4, 0.5) is 0 Å². The van der Waals surface area contributed by atoms with Crippen molar-refractivity contribution in [1.29, 1.82) is 0 Å². The number of aromatic nitrogens is 2. The molecule has 0 atom stereocenters. The van der Waals surface area contributed by atoms with Crippen molar-refractivity contribution in [2.24, 2.45) is 0 Å². The predicted molar refractivity (Wildman–Crippen MR) is 84.1 cm³/mol. The Balaban J connectivity index is 1.94. The van der Waals surface area contributed by atoms with Crippen molar-refractivity contribution in [1.82, 2.24) is 19.6 Å². The third-order valence-electron chi connectivity index (χ3n) is 3.39. The number of morpholine rings is 1. The maximum atomic E-state index is 12.2. The standard InChI is InChI=1S/C14H24N4O3S/c1-14(2,3)12-15-18(13(22)21-12)10-16(4)9-11(19)17-5-7-20-8-6-17/h5-10H2,1-4H3. The molecular formula is C14H24N4O3S. The molecule has 1 saturated heterocycles. The van der Waals surface area contributed by atoms with Crippen LogP contribution in [0.1, 0.15) is 26.7 Å². The number of amides is 1. The molecule has 1 amide bonds. The monoisotopic (exact) mass is 328 g/mol. The molecule has 0 spiro atoms. The van der Waals surface area contributed by atoms with Crippen molar-refractivity contribution in [3.05, 3.63) is 10.7 Å². The van der Waals surface area contributed by atoms with Crippen LogP contribution in [0.25, 0.3) is 0 Å². The van der Waals surface area contributed by atoms with E-state index in [1.807, 2.05) is 37.6 Å². The summed E-state index contributed by atoms with van der Waals surface area (Å²) in [6, 6.07) is 0. The largest absolute Gasteiger partial charge is 0.413 e. The molecule has 8 heteroatoms. The quantitative estimate of drug-likeness (QED) is 0.775. The Labute approximate surface area is 135 Å². The van der Waals surface area contributed by atoms with Gasteiger partial charge in [0.25, 0.3) is 4.84 Å². The van der Waals surface area contributed by atoms with Crippen molar-refractivity contribution in [2.75, 3.05) is 39.9 Å². The highest BCUT2D eigenvalue weighted by atomic mass is 32.1. The third kappa shape index (κ3) is 4.37. The zero-order valence-electron chi connectivity index (χ0n) is 13.7. The number of nitrogens with zero attached hydrogens (tertiary/aromatic N) is 4. The molecule has 1 aliphatic heterocycles. The first-order chi connectivity index (χ1) is 10.3. The van der Waals surface area contributed by atoms with Gasteiger partial charge in [0.15, 0.2) is 0 Å². The number of ether oxygens (including phenoxy) is 1. The van der Waals surface area contributed by atoms with Crippen molar-refractivity contribution in [3.63, 3.8) is 0 Å². The van der Waals surface area contributed by atoms with E-state index in [9.17, 15) is 4.79 Å². The van der Waals surface area contributed by atoms with Crippen LogP contribution in [-0.4, -0.2) is 65.4 Å². The van der Waals surface area contributed by atoms with E-state index in [4.69, 9.17) is 21.4 Å². The highest BCUT2D eigenvalue weighted by Crippen LogP contribution is 2.20. The van der Waals surface area contributed by atoms with Crippen molar-refractivity contribution >= 4 is 18.1 Å². The molecule has 0 radical (unpaired) electrons. The Hall–Kier alpha value is -1.25. The molecule has 1 fully saturated rings. The SMILES string of the molecule is CN(CC(=O)N1CCOCC1)Cn1nc(C(C)(C)C)oc1=S. The van der Waals surface area contributed by atoms with Crippen molar-refractivity contribution < 1.29 is 13.9 Å². The van der Waals surface area contributed by atoms with Gasteiger partial charge in [-0.25, -0.2) is 4.68 Å². The summed E-state index contributed by atoms with van der Waals surface area (Å²) in [6.07, 6.45) is 0. The van der Waals surface area contributed by atoms with Crippen LogP contribution in [0.3, 0.4) is 0 Å². The second kappa shape index (κ2) is 6.89. The fraction of sp³-hybridized carbons (Fsp3) is 0.786. The number of carbonyl (C=O) groups excluding carboxylic acids is 1. The fourth-order valence-corrected chi connectivity index (χ4v) is 2.30. The second-order valence-electron chi connectivity index (χ2n) is 6.57. The molecule has 0 unspecified atom stereocenters. The van der Waals surface area contributed by atoms with Gasteiger partial charge in [-0.05, 0) is 19.3 Å². The van der Waals surface area contributed by atoms with Crippen LogP contribution in [0.15, 0.2) is 4.42 Å². The number of hydrogen-bond acceptors (Lipinski definition) is 6. The second-order valence-corrected chi connectivity index (χ2v) is 6.92. The summed E-state index contributed by atoms with van der Waals surface area (Å²) in [6.45, 7) is 9.33. The molecule has 0 saturated carbocycles. The van der Waals surface area contributed by atoms with E-state index in [1.165, 1.54) is 0 Å². The maximum Gasteiger partial charge on any atom is 0.288 e. The molecule has 0 bridgehead atoms. The first-order valence-electron chi connectivity index (χ1n) is 7.40. The Morgan fingerprint density at radius 2 is 2.00 bits per heavy atom. The van der Waals surface area contributed by atoms with E-state index in [0.29, 0.717) is 50.2 Å². The molecule has 2 heterocycles. The van der Waals surface area contributed by atoms with Gasteiger partial charge in [0.2, 0.25) is 11.8 Å². The van der Waals surface area contributed by atoms with Crippen LogP contribution in [0, 0.1) is 4.84 Å². The third-order valence-corrected chi connectivity index (χ3v) is 3.69. The van der Waals surface area contributed by atoms with Crippen LogP contribution in [0.2, 0.25) is 0 Å². The van der Waals surface area contributed by atoms with Gasteiger partial charge < -0.3 is 14.1 Å². The first kappa shape index (κ1) is 17.1. The van der Waals surface area contributed by atoms with Crippen LogP contribution in [0.5, 0.6) is 0 Å². The van der Waals surface area contributed by atoms with E-state index in [0.717, 1.165) is 0 Å². The lowest BCUT2D eigenvalue weighted by molar-refractivity contribution is -0.136. The van der Waals surface area contributed by atoms with Gasteiger partial charge in [0.1, 0.15) is 0 Å². The van der Waals surface area contributed by atoms with E-state index in [1.54, 1.807) is 4.68 Å². The minimum Gasteiger partial charge on any atom is -0.413 e. The normalized spacial score (nSPS) is 16.3. The molecule has 1 aliphatic rings. The number of hydrogen-bond donors (Lipinski definition) is 0. The average molecular weight is 328 g/mol. The van der Waals surface area contributed by atoms with Gasteiger partial charge in [-0.2, -0.15) is 0 Å². The molecule has 0 aromatic carbocycles. The minimum atomic E-state index is -0.193. The van der Waals surface area contributed by atoms with Crippen molar-refractivity contribution in [3.8, 4) is 0 Å². The number of carbonyl (C=O) groups is 1. The van der Waals surface area contributed by atoms with E-state index in [2.05, 4.69) is 5.10 Å². The smallest absolute Gasteiger partial charge is 0.288 e. The van der Waals surface area contributed by atoms with Crippen LogP contribution >= 0.6 is 12.2 Å². The number of rotatable bonds is 4. The average Bonchev–Trinajstić information content (AvgIpc) is 2.81. The van der Waals surface area contributed by atoms with Gasteiger partial charge in [-0.3, -0.25) is 9.69 Å². The Morgan fingerprint density at radius 1 is 1.36 bits per heavy atom. The first-order valence-corrected chi connectivity index (χ1v) is 7.80. The molecule has 124 valence electrons. The highest BCUT2D eigenvalue weighted by molar-refractivity contribution is 7.71. The Bertz CT molecular complexity index is 569. The number of likely N-dealkylation sites (N-methyl/N-ethyl adjacent to an activating group) is 1. The zero-order valence-corrected chi connectivity index (χ0v) is 14.5. The van der Waals surface area contributed by atoms with Gasteiger partial charge in [-0.1, -0.05) is 20.8 Å². The lowest BCUT2D eigenvalue weighted by Gasteiger charge is -2.28. The lowest BCUT2D eigenvalue weighted by Crippen LogP contribution is -2.45.